The maximum atomic E-state index is 11.3. The highest BCUT2D eigenvalue weighted by molar-refractivity contribution is 5.83. The van der Waals surface area contributed by atoms with E-state index >= 15 is 0 Å². The minimum absolute atomic E-state index is 0.271. The third-order valence-electron chi connectivity index (χ3n) is 1.91. The number of urea groups is 1. The van der Waals surface area contributed by atoms with Crippen molar-refractivity contribution in [1.29, 1.82) is 0 Å². The van der Waals surface area contributed by atoms with E-state index in [0.29, 0.717) is 5.76 Å². The molecule has 0 saturated carbocycles. The van der Waals surface area contributed by atoms with Gasteiger partial charge in [0.15, 0.2) is 0 Å². The number of methoxy groups -OCH3 is 1. The average molecular weight is 226 g/mol. The molecule has 2 N–H and O–H groups in total. The lowest BCUT2D eigenvalue weighted by Gasteiger charge is -2.11. The van der Waals surface area contributed by atoms with Crippen LogP contribution in [0.25, 0.3) is 0 Å². The molecular formula is C10H14N2O4. The fraction of sp³-hybridized carbons (Fsp3) is 0.400. The molecule has 0 radical (unpaired) electrons. The van der Waals surface area contributed by atoms with Crippen molar-refractivity contribution in [2.75, 3.05) is 7.11 Å². The molecule has 6 heteroatoms. The molecule has 1 aromatic rings. The number of esters is 1. The average Bonchev–Trinajstić information content (AvgIpc) is 2.78. The Bertz CT molecular complexity index is 348. The van der Waals surface area contributed by atoms with E-state index in [4.69, 9.17) is 4.42 Å². The topological polar surface area (TPSA) is 80.6 Å². The maximum absolute atomic E-state index is 11.3. The summed E-state index contributed by atoms with van der Waals surface area (Å²) in [5.74, 6) is 0.147. The van der Waals surface area contributed by atoms with E-state index < -0.39 is 18.0 Å². The van der Waals surface area contributed by atoms with Gasteiger partial charge in [-0.2, -0.15) is 0 Å². The molecule has 0 aliphatic heterocycles. The van der Waals surface area contributed by atoms with Crippen molar-refractivity contribution in [2.45, 2.75) is 19.5 Å². The Balaban J connectivity index is 2.28. The van der Waals surface area contributed by atoms with Crippen molar-refractivity contribution in [2.24, 2.45) is 0 Å². The molecule has 6 nitrogen and oxygen atoms in total. The summed E-state index contributed by atoms with van der Waals surface area (Å²) in [6.07, 6.45) is 1.52. The van der Waals surface area contributed by atoms with Crippen molar-refractivity contribution >= 4 is 12.0 Å². The standard InChI is InChI=1S/C10H14N2O4/c1-7(9(13)15-2)12-10(14)11-6-8-4-3-5-16-8/h3-5,7H,6H2,1-2H3,(H2,11,12,14)/t7-/m1/s1. The highest BCUT2D eigenvalue weighted by Gasteiger charge is 2.15. The van der Waals surface area contributed by atoms with Crippen molar-refractivity contribution in [3.63, 3.8) is 0 Å². The number of hydrogen-bond acceptors (Lipinski definition) is 4. The van der Waals surface area contributed by atoms with Crippen LogP contribution in [0.15, 0.2) is 22.8 Å². The highest BCUT2D eigenvalue weighted by atomic mass is 16.5. The number of hydrogen-bond donors (Lipinski definition) is 2. The van der Waals surface area contributed by atoms with E-state index in [1.807, 2.05) is 0 Å². The summed E-state index contributed by atoms with van der Waals surface area (Å²) < 4.78 is 9.49. The van der Waals surface area contributed by atoms with E-state index in [1.54, 1.807) is 12.1 Å². The minimum Gasteiger partial charge on any atom is -0.467 e. The van der Waals surface area contributed by atoms with Gasteiger partial charge in [-0.3, -0.25) is 0 Å². The van der Waals surface area contributed by atoms with Gasteiger partial charge < -0.3 is 19.8 Å². The van der Waals surface area contributed by atoms with Crippen molar-refractivity contribution < 1.29 is 18.7 Å². The van der Waals surface area contributed by atoms with Crippen LogP contribution < -0.4 is 10.6 Å². The van der Waals surface area contributed by atoms with Crippen LogP contribution in [0, 0.1) is 0 Å². The number of rotatable bonds is 4. The van der Waals surface area contributed by atoms with Gasteiger partial charge in [0, 0.05) is 0 Å². The number of furan rings is 1. The fourth-order valence-corrected chi connectivity index (χ4v) is 1.06. The Labute approximate surface area is 93.0 Å². The SMILES string of the molecule is COC(=O)[C@@H](C)NC(=O)NCc1ccco1. The van der Waals surface area contributed by atoms with Crippen LogP contribution in [0.5, 0.6) is 0 Å². The fourth-order valence-electron chi connectivity index (χ4n) is 1.06. The van der Waals surface area contributed by atoms with Gasteiger partial charge in [-0.05, 0) is 19.1 Å². The molecule has 0 fully saturated rings. The summed E-state index contributed by atoms with van der Waals surface area (Å²) in [5, 5.41) is 4.97. The molecule has 88 valence electrons. The molecule has 1 atom stereocenters. The van der Waals surface area contributed by atoms with Gasteiger partial charge in [-0.1, -0.05) is 0 Å². The summed E-state index contributed by atoms with van der Waals surface area (Å²) in [7, 11) is 1.27. The van der Waals surface area contributed by atoms with Crippen LogP contribution in [0.4, 0.5) is 4.79 Å². The van der Waals surface area contributed by atoms with Gasteiger partial charge in [0.25, 0.3) is 0 Å². The maximum Gasteiger partial charge on any atom is 0.328 e. The van der Waals surface area contributed by atoms with E-state index in [1.165, 1.54) is 20.3 Å². The number of ether oxygens (including phenoxy) is 1. The Morgan fingerprint density at radius 2 is 2.31 bits per heavy atom. The number of amides is 2. The molecule has 0 unspecified atom stereocenters. The largest absolute Gasteiger partial charge is 0.467 e. The quantitative estimate of drug-likeness (QED) is 0.738. The van der Waals surface area contributed by atoms with Gasteiger partial charge in [0.05, 0.1) is 19.9 Å². The van der Waals surface area contributed by atoms with Crippen LogP contribution in [-0.2, 0) is 16.1 Å². The molecule has 0 aliphatic rings. The zero-order valence-electron chi connectivity index (χ0n) is 9.15. The first-order valence-electron chi connectivity index (χ1n) is 4.78. The zero-order valence-corrected chi connectivity index (χ0v) is 9.15. The normalized spacial score (nSPS) is 11.6. The van der Waals surface area contributed by atoms with Crippen molar-refractivity contribution in [3.8, 4) is 0 Å². The Kier molecular flexibility index (Phi) is 4.38. The summed E-state index contributed by atoms with van der Waals surface area (Å²) in [4.78, 5) is 22.3. The third kappa shape index (κ3) is 3.64. The predicted molar refractivity (Wildman–Crippen MR) is 55.6 cm³/mol. The molecule has 1 aromatic heterocycles. The van der Waals surface area contributed by atoms with Crippen LogP contribution in [0.2, 0.25) is 0 Å². The summed E-state index contributed by atoms with van der Waals surface area (Å²) in [6, 6.07) is 2.34. The Hall–Kier alpha value is -1.98. The van der Waals surface area contributed by atoms with Gasteiger partial charge in [-0.15, -0.1) is 0 Å². The zero-order chi connectivity index (χ0) is 12.0. The van der Waals surface area contributed by atoms with Crippen LogP contribution in [0.1, 0.15) is 12.7 Å². The lowest BCUT2D eigenvalue weighted by atomic mass is 10.3. The summed E-state index contributed by atoms with van der Waals surface area (Å²) in [6.45, 7) is 1.81. The highest BCUT2D eigenvalue weighted by Crippen LogP contribution is 1.98. The first-order valence-corrected chi connectivity index (χ1v) is 4.78. The lowest BCUT2D eigenvalue weighted by molar-refractivity contribution is -0.142. The van der Waals surface area contributed by atoms with Gasteiger partial charge in [-0.25, -0.2) is 9.59 Å². The van der Waals surface area contributed by atoms with E-state index in [2.05, 4.69) is 15.4 Å². The Morgan fingerprint density at radius 3 is 2.88 bits per heavy atom. The summed E-state index contributed by atoms with van der Waals surface area (Å²) >= 11 is 0. The molecule has 2 amide bonds. The van der Waals surface area contributed by atoms with Crippen LogP contribution in [0.3, 0.4) is 0 Å². The van der Waals surface area contributed by atoms with E-state index in [-0.39, 0.29) is 6.54 Å². The third-order valence-corrected chi connectivity index (χ3v) is 1.91. The van der Waals surface area contributed by atoms with Gasteiger partial charge in [0.2, 0.25) is 0 Å². The minimum atomic E-state index is -0.679. The predicted octanol–water partition coefficient (Wildman–Crippen LogP) is 0.640. The van der Waals surface area contributed by atoms with Crippen molar-refractivity contribution in [1.82, 2.24) is 10.6 Å². The molecule has 16 heavy (non-hydrogen) atoms. The second-order valence-corrected chi connectivity index (χ2v) is 3.15. The van der Waals surface area contributed by atoms with E-state index in [0.717, 1.165) is 0 Å². The molecule has 0 bridgehead atoms. The van der Waals surface area contributed by atoms with Gasteiger partial charge in [0.1, 0.15) is 11.8 Å². The first kappa shape index (κ1) is 12.1. The van der Waals surface area contributed by atoms with Crippen LogP contribution >= 0.6 is 0 Å². The second kappa shape index (κ2) is 5.79. The molecular weight excluding hydrogens is 212 g/mol. The smallest absolute Gasteiger partial charge is 0.328 e. The lowest BCUT2D eigenvalue weighted by Crippen LogP contribution is -2.44. The van der Waals surface area contributed by atoms with E-state index in [9.17, 15) is 9.59 Å². The number of carbonyl (C=O) groups excluding carboxylic acids is 2. The van der Waals surface area contributed by atoms with Gasteiger partial charge >= 0.3 is 12.0 Å². The number of carbonyl (C=O) groups is 2. The summed E-state index contributed by atoms with van der Waals surface area (Å²) in [5.41, 5.74) is 0. The number of nitrogens with one attached hydrogen (secondary N) is 2. The Morgan fingerprint density at radius 1 is 1.56 bits per heavy atom. The molecule has 0 spiro atoms. The first-order chi connectivity index (χ1) is 7.63. The molecule has 1 heterocycles. The molecule has 1 rings (SSSR count). The molecule has 0 saturated heterocycles. The molecule has 0 aliphatic carbocycles. The van der Waals surface area contributed by atoms with Crippen molar-refractivity contribution in [3.05, 3.63) is 24.2 Å². The second-order valence-electron chi connectivity index (χ2n) is 3.15. The monoisotopic (exact) mass is 226 g/mol. The molecule has 0 aromatic carbocycles. The van der Waals surface area contributed by atoms with Crippen LogP contribution in [-0.4, -0.2) is 25.2 Å².